The van der Waals surface area contributed by atoms with Gasteiger partial charge >= 0.3 is 21.8 Å². The Bertz CT molecular complexity index is 1690. The van der Waals surface area contributed by atoms with Crippen LogP contribution >= 0.6 is 0 Å². The van der Waals surface area contributed by atoms with E-state index >= 15 is 0 Å². The number of hydrogen-bond donors (Lipinski definition) is 1. The number of rotatable bonds is 8. The minimum atomic E-state index is -6.00. The first-order valence-corrected chi connectivity index (χ1v) is 16.4. The lowest BCUT2D eigenvalue weighted by atomic mass is 9.97. The Morgan fingerprint density at radius 1 is 0.962 bits per heavy atom. The zero-order chi connectivity index (χ0) is 40.6. The summed E-state index contributed by atoms with van der Waals surface area (Å²) < 4.78 is 154. The maximum Gasteiger partial charge on any atom is 0.673 e. The molecule has 0 bridgehead atoms. The van der Waals surface area contributed by atoms with E-state index < -0.39 is 37.7 Å². The van der Waals surface area contributed by atoms with Crippen molar-refractivity contribution in [2.75, 3.05) is 18.1 Å². The predicted octanol–water partition coefficient (Wildman–Crippen LogP) is 6.99. The van der Waals surface area contributed by atoms with Gasteiger partial charge in [-0.05, 0) is 51.2 Å². The molecular formula is C25H35B3F12N7O4S-3. The van der Waals surface area contributed by atoms with E-state index in [0.717, 1.165) is 6.42 Å². The molecule has 1 N–H and O–H groups in total. The Morgan fingerprint density at radius 3 is 1.90 bits per heavy atom. The molecule has 1 aliphatic rings. The molecule has 4 rings (SSSR count). The number of sulfonamides is 1. The van der Waals surface area contributed by atoms with Gasteiger partial charge < -0.3 is 61.4 Å². The number of amides is 1. The van der Waals surface area contributed by atoms with Gasteiger partial charge in [0, 0.05) is 37.6 Å². The zero-order valence-corrected chi connectivity index (χ0v) is 29.5. The van der Waals surface area contributed by atoms with Crippen LogP contribution in [-0.2, 0) is 17.1 Å². The van der Waals surface area contributed by atoms with Crippen molar-refractivity contribution in [1.29, 1.82) is 0 Å². The third-order valence-corrected chi connectivity index (χ3v) is 7.72. The van der Waals surface area contributed by atoms with Gasteiger partial charge in [-0.25, -0.2) is 22.8 Å². The van der Waals surface area contributed by atoms with E-state index in [0.29, 0.717) is 48.2 Å². The molecule has 4 heterocycles. The highest BCUT2D eigenvalue weighted by Gasteiger charge is 2.39. The molecule has 27 heteroatoms. The van der Waals surface area contributed by atoms with Gasteiger partial charge in [-0.3, -0.25) is 9.48 Å². The molecule has 52 heavy (non-hydrogen) atoms. The molecule has 1 amide bonds. The van der Waals surface area contributed by atoms with Gasteiger partial charge in [-0.15, -0.1) is 5.10 Å². The Hall–Kier alpha value is -4.06. The van der Waals surface area contributed by atoms with Crippen LogP contribution in [-0.4, -0.2) is 79.3 Å². The number of hydrogen-bond acceptors (Lipinski definition) is 8. The van der Waals surface area contributed by atoms with Crippen LogP contribution in [0, 0.1) is 18.8 Å². The highest BCUT2D eigenvalue weighted by molar-refractivity contribution is 7.90. The summed E-state index contributed by atoms with van der Waals surface area (Å²) in [4.78, 5) is 20.2. The molecule has 3 aromatic rings. The molecule has 1 atom stereocenters. The van der Waals surface area contributed by atoms with Crippen LogP contribution in [0.3, 0.4) is 0 Å². The van der Waals surface area contributed by atoms with Crippen LogP contribution in [0.25, 0.3) is 5.82 Å². The quantitative estimate of drug-likeness (QED) is 0.192. The maximum atomic E-state index is 13.4. The molecular weight excluding hydrogens is 755 g/mol. The largest absolute Gasteiger partial charge is 0.673 e. The minimum Gasteiger partial charge on any atom is -0.476 e. The van der Waals surface area contributed by atoms with E-state index in [1.807, 2.05) is 0 Å². The van der Waals surface area contributed by atoms with Gasteiger partial charge in [0.1, 0.15) is 10.7 Å². The summed E-state index contributed by atoms with van der Waals surface area (Å²) in [5.74, 6) is 1.36. The van der Waals surface area contributed by atoms with E-state index in [-0.39, 0.29) is 16.0 Å². The van der Waals surface area contributed by atoms with Crippen molar-refractivity contribution in [2.24, 2.45) is 18.9 Å². The molecule has 0 aromatic carbocycles. The van der Waals surface area contributed by atoms with Crippen LogP contribution < -0.4 is 14.4 Å². The van der Waals surface area contributed by atoms with Gasteiger partial charge in [0.2, 0.25) is 5.88 Å². The predicted molar refractivity (Wildman–Crippen MR) is 170 cm³/mol. The molecule has 0 radical (unpaired) electrons. The molecule has 3 aromatic heterocycles. The Labute approximate surface area is 291 Å². The summed E-state index contributed by atoms with van der Waals surface area (Å²) in [6.45, 7) is 13.2. The maximum absolute atomic E-state index is 13.4. The Kier molecular flexibility index (Phi) is 15.6. The van der Waals surface area contributed by atoms with Crippen LogP contribution in [0.1, 0.15) is 57.1 Å². The molecule has 1 fully saturated rings. The molecule has 296 valence electrons. The summed E-state index contributed by atoms with van der Waals surface area (Å²) in [6.07, 6.45) is 4.02. The third-order valence-electron chi connectivity index (χ3n) is 6.28. The lowest BCUT2D eigenvalue weighted by molar-refractivity contribution is 0.0981. The van der Waals surface area contributed by atoms with E-state index in [1.165, 1.54) is 10.9 Å². The fourth-order valence-corrected chi connectivity index (χ4v) is 5.93. The number of carbonyl (C=O) groups is 1. The second-order valence-electron chi connectivity index (χ2n) is 12.2. The summed E-state index contributed by atoms with van der Waals surface area (Å²) in [5, 5.41) is 8.55. The monoisotopic (exact) mass is 790 g/mol. The van der Waals surface area contributed by atoms with Crippen molar-refractivity contribution in [3.8, 4) is 11.7 Å². The topological polar surface area (TPSA) is 124 Å². The van der Waals surface area contributed by atoms with Crippen LogP contribution in [0.5, 0.6) is 5.88 Å². The van der Waals surface area contributed by atoms with E-state index in [9.17, 15) is 65.0 Å². The first-order valence-electron chi connectivity index (χ1n) is 14.9. The number of aryl methyl sites for hydroxylation is 2. The van der Waals surface area contributed by atoms with Crippen LogP contribution in [0.4, 0.5) is 57.6 Å². The number of halogens is 12. The van der Waals surface area contributed by atoms with Crippen molar-refractivity contribution in [3.05, 3.63) is 41.9 Å². The van der Waals surface area contributed by atoms with Crippen molar-refractivity contribution in [2.45, 2.75) is 58.4 Å². The number of nitrogens with one attached hydrogen (secondary N) is 1. The van der Waals surface area contributed by atoms with Gasteiger partial charge in [0.05, 0.1) is 17.9 Å². The number of anilines is 1. The third kappa shape index (κ3) is 17.4. The molecule has 1 saturated heterocycles. The summed E-state index contributed by atoms with van der Waals surface area (Å²) in [7, 11) is -20.5. The first kappa shape index (κ1) is 46.0. The van der Waals surface area contributed by atoms with E-state index in [1.54, 1.807) is 43.0 Å². The molecule has 11 nitrogen and oxygen atoms in total. The molecule has 0 aliphatic carbocycles. The second kappa shape index (κ2) is 17.6. The van der Waals surface area contributed by atoms with Crippen molar-refractivity contribution >= 4 is 43.5 Å². The van der Waals surface area contributed by atoms with Crippen molar-refractivity contribution < 1.29 is 69.7 Å². The van der Waals surface area contributed by atoms with Crippen molar-refractivity contribution in [1.82, 2.24) is 29.3 Å². The van der Waals surface area contributed by atoms with Gasteiger partial charge in [0.25, 0.3) is 15.9 Å². The number of ether oxygens (including phenoxy) is 1. The summed E-state index contributed by atoms with van der Waals surface area (Å²) in [5.41, 5.74) is 0.189. The normalized spacial score (nSPS) is 15.8. The SMILES string of the molecule is Cc1nn(C)cc1S(=O)(=O)NC(=O)c1ccc(-n2ccc(OCC(C)C)n2)nc1N1CC(C)CC1(C)C.F[B-](F)(F)F.F[B-](F)(F)F.F[B-](F)(F)F. The minimum absolute atomic E-state index is 0.0462. The standard InChI is InChI=1S/C25H35N7O4S.3BF4/c1-16(2)15-36-22-10-11-32(28-22)21-9-8-19(23(26-21)31-13-17(3)12-25(31,5)6)24(33)29-37(34,35)20-14-30(7)27-18(20)4;3*2-1(3,4)5/h8-11,14,16-17H,12-13,15H2,1-7H3,(H,29,33);;;/q;3*-1. The van der Waals surface area contributed by atoms with Crippen molar-refractivity contribution in [3.63, 3.8) is 0 Å². The molecule has 1 unspecified atom stereocenters. The average Bonchev–Trinajstić information content (AvgIpc) is 3.60. The number of pyridine rings is 1. The smallest absolute Gasteiger partial charge is 0.476 e. The average molecular weight is 790 g/mol. The van der Waals surface area contributed by atoms with Crippen LogP contribution in [0.2, 0.25) is 0 Å². The lowest BCUT2D eigenvalue weighted by Crippen LogP contribution is -2.41. The fourth-order valence-electron chi connectivity index (χ4n) is 4.75. The fraction of sp³-hybridized carbons (Fsp3) is 0.520. The van der Waals surface area contributed by atoms with Gasteiger partial charge in [-0.2, -0.15) is 5.10 Å². The van der Waals surface area contributed by atoms with Gasteiger partial charge in [-0.1, -0.05) is 20.8 Å². The molecule has 1 aliphatic heterocycles. The van der Waals surface area contributed by atoms with E-state index in [2.05, 4.69) is 54.4 Å². The number of carbonyl (C=O) groups excluding carboxylic acids is 1. The second-order valence-corrected chi connectivity index (χ2v) is 13.9. The molecule has 0 saturated carbocycles. The van der Waals surface area contributed by atoms with Crippen LogP contribution in [0.15, 0.2) is 35.5 Å². The highest BCUT2D eigenvalue weighted by Crippen LogP contribution is 2.38. The summed E-state index contributed by atoms with van der Waals surface area (Å²) >= 11 is 0. The highest BCUT2D eigenvalue weighted by atomic mass is 32.2. The van der Waals surface area contributed by atoms with E-state index in [4.69, 9.17) is 9.72 Å². The van der Waals surface area contributed by atoms with Gasteiger partial charge in [0.15, 0.2) is 5.82 Å². The lowest BCUT2D eigenvalue weighted by Gasteiger charge is -2.34. The molecule has 0 spiro atoms. The number of nitrogens with zero attached hydrogens (tertiary/aromatic N) is 6. The number of aromatic nitrogens is 5. The summed E-state index contributed by atoms with van der Waals surface area (Å²) in [6, 6.07) is 5.00. The Morgan fingerprint density at radius 2 is 1.48 bits per heavy atom. The zero-order valence-electron chi connectivity index (χ0n) is 28.7. The Balaban J connectivity index is 0.000000760. The first-order chi connectivity index (χ1) is 23.3.